The zero-order chi connectivity index (χ0) is 32.8. The SMILES string of the molecule is CC(=O)c1cn(CC(=O)N2[C@H](C(=O)Nc3nc(Br)ccc3C3CC3)CC[C@@]3(C)C[C@@H]23)c2c(C)cc(-c3cnc4cc(C)nn4c3)cc12. The highest BCUT2D eigenvalue weighted by atomic mass is 79.9. The predicted molar refractivity (Wildman–Crippen MR) is 182 cm³/mol. The van der Waals surface area contributed by atoms with Gasteiger partial charge in [0.15, 0.2) is 11.4 Å². The number of likely N-dealkylation sites (tertiary alicyclic amines) is 1. The van der Waals surface area contributed by atoms with Crippen molar-refractivity contribution in [1.82, 2.24) is 29.0 Å². The summed E-state index contributed by atoms with van der Waals surface area (Å²) in [4.78, 5) is 52.1. The molecule has 5 heterocycles. The summed E-state index contributed by atoms with van der Waals surface area (Å²) >= 11 is 3.45. The van der Waals surface area contributed by atoms with Gasteiger partial charge >= 0.3 is 0 Å². The number of anilines is 1. The van der Waals surface area contributed by atoms with Gasteiger partial charge in [-0.05, 0) is 115 Å². The van der Waals surface area contributed by atoms with Crippen LogP contribution < -0.4 is 5.32 Å². The lowest BCUT2D eigenvalue weighted by molar-refractivity contribution is -0.142. The third-order valence-electron chi connectivity index (χ3n) is 10.3. The average molecular weight is 695 g/mol. The van der Waals surface area contributed by atoms with Crippen molar-refractivity contribution in [3.63, 3.8) is 0 Å². The molecule has 11 heteroatoms. The summed E-state index contributed by atoms with van der Waals surface area (Å²) < 4.78 is 4.31. The van der Waals surface area contributed by atoms with Gasteiger partial charge in [-0.15, -0.1) is 0 Å². The Balaban J connectivity index is 1.12. The molecule has 1 aromatic carbocycles. The summed E-state index contributed by atoms with van der Waals surface area (Å²) in [7, 11) is 0. The number of aryl methyl sites for hydroxylation is 2. The van der Waals surface area contributed by atoms with Gasteiger partial charge in [0.05, 0.1) is 11.2 Å². The summed E-state index contributed by atoms with van der Waals surface area (Å²) in [6, 6.07) is 9.33. The van der Waals surface area contributed by atoms with Gasteiger partial charge in [-0.3, -0.25) is 14.4 Å². The van der Waals surface area contributed by atoms with E-state index in [0.717, 1.165) is 70.2 Å². The first kappa shape index (κ1) is 30.0. The minimum Gasteiger partial charge on any atom is -0.337 e. The van der Waals surface area contributed by atoms with Crippen molar-refractivity contribution in [3.8, 4) is 11.1 Å². The van der Waals surface area contributed by atoms with E-state index in [4.69, 9.17) is 0 Å². The Morgan fingerprint density at radius 2 is 1.87 bits per heavy atom. The fourth-order valence-corrected chi connectivity index (χ4v) is 7.89. The average Bonchev–Trinajstić information content (AvgIpc) is 3.91. The molecule has 0 bridgehead atoms. The molecule has 8 rings (SSSR count). The van der Waals surface area contributed by atoms with Crippen LogP contribution in [0, 0.1) is 19.3 Å². The molecule has 5 aromatic rings. The first-order valence-corrected chi connectivity index (χ1v) is 17.0. The maximum absolute atomic E-state index is 14.3. The van der Waals surface area contributed by atoms with Crippen LogP contribution in [0.15, 0.2) is 53.5 Å². The number of fused-ring (bicyclic) bond motifs is 3. The normalized spacial score (nSPS) is 22.0. The highest BCUT2D eigenvalue weighted by molar-refractivity contribution is 9.10. The number of carbonyl (C=O) groups is 3. The molecule has 10 nitrogen and oxygen atoms in total. The van der Waals surface area contributed by atoms with Gasteiger partial charge in [0.2, 0.25) is 11.8 Å². The molecule has 3 aliphatic rings. The number of rotatable bonds is 7. The maximum atomic E-state index is 14.3. The summed E-state index contributed by atoms with van der Waals surface area (Å²) in [5.74, 6) is 0.598. The number of ketones is 1. The lowest BCUT2D eigenvalue weighted by Crippen LogP contribution is -2.53. The van der Waals surface area contributed by atoms with Gasteiger partial charge in [-0.1, -0.05) is 13.0 Å². The zero-order valence-electron chi connectivity index (χ0n) is 26.9. The zero-order valence-corrected chi connectivity index (χ0v) is 28.5. The van der Waals surface area contributed by atoms with Crippen molar-refractivity contribution in [2.24, 2.45) is 5.41 Å². The summed E-state index contributed by atoms with van der Waals surface area (Å²) in [5.41, 5.74) is 6.84. The monoisotopic (exact) mass is 693 g/mol. The molecule has 0 spiro atoms. The van der Waals surface area contributed by atoms with E-state index in [1.165, 1.54) is 0 Å². The Labute approximate surface area is 280 Å². The molecule has 0 radical (unpaired) electrons. The Kier molecular flexibility index (Phi) is 6.91. The molecule has 1 aliphatic heterocycles. The molecule has 2 amide bonds. The van der Waals surface area contributed by atoms with Crippen LogP contribution in [0.1, 0.15) is 79.0 Å². The van der Waals surface area contributed by atoms with Gasteiger partial charge in [0.25, 0.3) is 0 Å². The molecule has 47 heavy (non-hydrogen) atoms. The molecule has 240 valence electrons. The minimum absolute atomic E-state index is 0.00743. The van der Waals surface area contributed by atoms with E-state index in [1.54, 1.807) is 17.6 Å². The van der Waals surface area contributed by atoms with Gasteiger partial charge in [-0.25, -0.2) is 14.5 Å². The van der Waals surface area contributed by atoms with Crippen molar-refractivity contribution < 1.29 is 14.4 Å². The quantitative estimate of drug-likeness (QED) is 0.152. The Hall–Kier alpha value is -4.38. The van der Waals surface area contributed by atoms with Gasteiger partial charge in [-0.2, -0.15) is 5.10 Å². The molecular weight excluding hydrogens is 658 g/mol. The molecule has 3 atom stereocenters. The third kappa shape index (κ3) is 5.24. The molecule has 4 aromatic heterocycles. The van der Waals surface area contributed by atoms with E-state index in [-0.39, 0.29) is 35.6 Å². The van der Waals surface area contributed by atoms with Crippen molar-refractivity contribution in [3.05, 3.63) is 75.9 Å². The van der Waals surface area contributed by atoms with Crippen LogP contribution >= 0.6 is 15.9 Å². The number of hydrogen-bond donors (Lipinski definition) is 1. The predicted octanol–water partition coefficient (Wildman–Crippen LogP) is 6.61. The van der Waals surface area contributed by atoms with Crippen molar-refractivity contribution in [2.45, 2.75) is 84.3 Å². The van der Waals surface area contributed by atoms with Crippen LogP contribution in [0.25, 0.3) is 27.7 Å². The molecule has 2 saturated carbocycles. The van der Waals surface area contributed by atoms with Crippen molar-refractivity contribution >= 4 is 55.9 Å². The highest BCUT2D eigenvalue weighted by Gasteiger charge is 2.60. The molecule has 3 fully saturated rings. The maximum Gasteiger partial charge on any atom is 0.248 e. The first-order chi connectivity index (χ1) is 22.5. The highest BCUT2D eigenvalue weighted by Crippen LogP contribution is 2.57. The van der Waals surface area contributed by atoms with Crippen LogP contribution in [0.2, 0.25) is 0 Å². The number of amides is 2. The second-order valence-electron chi connectivity index (χ2n) is 13.9. The van der Waals surface area contributed by atoms with Gasteiger partial charge in [0.1, 0.15) is 23.0 Å². The number of piperidine rings is 1. The Morgan fingerprint density at radius 1 is 1.06 bits per heavy atom. The van der Waals surface area contributed by atoms with Crippen LogP contribution in [0.5, 0.6) is 0 Å². The lowest BCUT2D eigenvalue weighted by atomic mass is 9.92. The van der Waals surface area contributed by atoms with Gasteiger partial charge < -0.3 is 14.8 Å². The van der Waals surface area contributed by atoms with Crippen molar-refractivity contribution in [2.75, 3.05) is 5.32 Å². The number of pyridine rings is 1. The smallest absolute Gasteiger partial charge is 0.248 e. The largest absolute Gasteiger partial charge is 0.337 e. The van der Waals surface area contributed by atoms with E-state index in [0.29, 0.717) is 28.3 Å². The number of Topliss-reactive ketones (excluding diaryl/α,β-unsaturated/α-hetero) is 1. The lowest BCUT2D eigenvalue weighted by Gasteiger charge is -2.37. The summed E-state index contributed by atoms with van der Waals surface area (Å²) in [6.07, 6.45) is 10.1. The number of hydrogen-bond acceptors (Lipinski definition) is 6. The van der Waals surface area contributed by atoms with Crippen LogP contribution in [0.4, 0.5) is 5.82 Å². The first-order valence-electron chi connectivity index (χ1n) is 16.2. The second kappa shape index (κ2) is 10.8. The second-order valence-corrected chi connectivity index (χ2v) is 14.7. The number of halogens is 1. The van der Waals surface area contributed by atoms with Crippen LogP contribution in [0.3, 0.4) is 0 Å². The summed E-state index contributed by atoms with van der Waals surface area (Å²) in [6.45, 7) is 7.71. The van der Waals surface area contributed by atoms with Crippen LogP contribution in [-0.4, -0.2) is 58.7 Å². The third-order valence-corrected chi connectivity index (χ3v) is 10.8. The number of nitrogens with one attached hydrogen (secondary N) is 1. The molecular formula is C36H36BrN7O3. The number of benzene rings is 1. The van der Waals surface area contributed by atoms with E-state index in [9.17, 15) is 14.4 Å². The number of aromatic nitrogens is 5. The fraction of sp³-hybridized carbons (Fsp3) is 0.389. The van der Waals surface area contributed by atoms with E-state index >= 15 is 0 Å². The molecule has 2 aliphatic carbocycles. The Morgan fingerprint density at radius 3 is 2.64 bits per heavy atom. The molecule has 1 saturated heterocycles. The van der Waals surface area contributed by atoms with E-state index < -0.39 is 6.04 Å². The number of carbonyl (C=O) groups excluding carboxylic acids is 3. The molecule has 1 N–H and O–H groups in total. The van der Waals surface area contributed by atoms with Crippen LogP contribution in [-0.2, 0) is 16.1 Å². The van der Waals surface area contributed by atoms with E-state index in [1.807, 2.05) is 60.0 Å². The van der Waals surface area contributed by atoms with Gasteiger partial charge in [0, 0.05) is 47.2 Å². The standard InChI is InChI=1S/C36H36BrN7O3/c1-19-11-23(24-15-38-31-12-20(2)41-43(31)16-24)13-26-27(21(3)45)17-42(33(19)26)18-32(46)44-28(9-10-36(4)14-29(36)44)35(47)40-34-25(22-5-6-22)7-8-30(37)39-34/h7-8,11-13,15-17,22,28-29H,5-6,9-10,14,18H2,1-4H3,(H,39,40,47)/t28-,29+,36-/m0/s1. The molecule has 0 unspecified atom stereocenters. The Bertz CT molecular complexity index is 2150. The summed E-state index contributed by atoms with van der Waals surface area (Å²) in [5, 5.41) is 8.39. The number of nitrogens with zero attached hydrogens (tertiary/aromatic N) is 6. The topological polar surface area (TPSA) is 114 Å². The fourth-order valence-electron chi connectivity index (χ4n) is 7.58. The minimum atomic E-state index is -0.592. The van der Waals surface area contributed by atoms with E-state index in [2.05, 4.69) is 49.3 Å². The van der Waals surface area contributed by atoms with Crippen molar-refractivity contribution in [1.29, 1.82) is 0 Å².